The van der Waals surface area contributed by atoms with Gasteiger partial charge >= 0.3 is 12.1 Å². The van der Waals surface area contributed by atoms with Crippen molar-refractivity contribution >= 4 is 5.97 Å². The molecule has 0 spiro atoms. The van der Waals surface area contributed by atoms with Gasteiger partial charge in [0.1, 0.15) is 18.1 Å². The van der Waals surface area contributed by atoms with E-state index in [0.717, 1.165) is 0 Å². The van der Waals surface area contributed by atoms with Crippen molar-refractivity contribution in [2.24, 2.45) is 0 Å². The number of halogens is 3. The number of benzene rings is 1. The summed E-state index contributed by atoms with van der Waals surface area (Å²) in [6.45, 7) is -1.83. The summed E-state index contributed by atoms with van der Waals surface area (Å²) in [4.78, 5) is 10.9. The van der Waals surface area contributed by atoms with E-state index in [4.69, 9.17) is 14.6 Å². The third-order valence-corrected chi connectivity index (χ3v) is 2.37. The summed E-state index contributed by atoms with van der Waals surface area (Å²) in [5, 5.41) is 8.91. The zero-order valence-corrected chi connectivity index (χ0v) is 10.8. The number of methoxy groups -OCH3 is 2. The zero-order valence-electron chi connectivity index (χ0n) is 10.8. The van der Waals surface area contributed by atoms with E-state index in [1.165, 1.54) is 26.4 Å². The minimum atomic E-state index is -4.44. The van der Waals surface area contributed by atoms with Crippen molar-refractivity contribution in [3.63, 3.8) is 0 Å². The molecule has 0 saturated carbocycles. The summed E-state index contributed by atoms with van der Waals surface area (Å²) >= 11 is 0. The fourth-order valence-corrected chi connectivity index (χ4v) is 1.52. The van der Waals surface area contributed by atoms with Crippen molar-refractivity contribution in [2.75, 3.05) is 20.8 Å². The third kappa shape index (κ3) is 4.30. The van der Waals surface area contributed by atoms with E-state index < -0.39 is 25.4 Å². The molecular weight excluding hydrogens is 281 g/mol. The largest absolute Gasteiger partial charge is 0.496 e. The molecule has 5 nitrogen and oxygen atoms in total. The number of carbonyl (C=O) groups is 1. The molecule has 1 aromatic rings. The maximum atomic E-state index is 12.0. The molecule has 0 aromatic heterocycles. The number of ether oxygens (including phenoxy) is 3. The van der Waals surface area contributed by atoms with Gasteiger partial charge in [-0.2, -0.15) is 13.2 Å². The molecule has 1 rings (SSSR count). The number of hydrogen-bond donors (Lipinski definition) is 1. The van der Waals surface area contributed by atoms with Crippen molar-refractivity contribution < 1.29 is 37.3 Å². The monoisotopic (exact) mass is 294 g/mol. The molecule has 0 atom stereocenters. The molecule has 0 aliphatic carbocycles. The van der Waals surface area contributed by atoms with Crippen molar-refractivity contribution in [3.05, 3.63) is 23.3 Å². The topological polar surface area (TPSA) is 65.0 Å². The first kappa shape index (κ1) is 16.1. The molecule has 0 aliphatic rings. The van der Waals surface area contributed by atoms with E-state index in [1.807, 2.05) is 0 Å². The van der Waals surface area contributed by atoms with Gasteiger partial charge in [0, 0.05) is 0 Å². The lowest BCUT2D eigenvalue weighted by atomic mass is 10.1. The molecule has 0 fully saturated rings. The van der Waals surface area contributed by atoms with Crippen LogP contribution in [0.3, 0.4) is 0 Å². The number of carboxylic acid groups (broad SMARTS) is 1. The second-order valence-electron chi connectivity index (χ2n) is 3.77. The van der Waals surface area contributed by atoms with Crippen LogP contribution >= 0.6 is 0 Å². The number of carboxylic acids is 1. The highest BCUT2D eigenvalue weighted by Gasteiger charge is 2.28. The lowest BCUT2D eigenvalue weighted by Crippen LogP contribution is -2.17. The van der Waals surface area contributed by atoms with Crippen LogP contribution in [-0.4, -0.2) is 38.1 Å². The second kappa shape index (κ2) is 6.47. The molecule has 0 unspecified atom stereocenters. The van der Waals surface area contributed by atoms with Gasteiger partial charge in [-0.15, -0.1) is 0 Å². The van der Waals surface area contributed by atoms with Crippen LogP contribution in [0.2, 0.25) is 0 Å². The maximum Gasteiger partial charge on any atom is 0.411 e. The average Bonchev–Trinajstić information content (AvgIpc) is 2.36. The highest BCUT2D eigenvalue weighted by molar-refractivity contribution is 5.89. The SMILES string of the molecule is COc1cc(C(=O)O)cc(OC)c1COCC(F)(F)F. The Bertz CT molecular complexity index is 459. The fourth-order valence-electron chi connectivity index (χ4n) is 1.52. The molecule has 0 bridgehead atoms. The van der Waals surface area contributed by atoms with Crippen LogP contribution in [0.1, 0.15) is 15.9 Å². The van der Waals surface area contributed by atoms with Crippen molar-refractivity contribution in [1.82, 2.24) is 0 Å². The number of hydrogen-bond acceptors (Lipinski definition) is 4. The van der Waals surface area contributed by atoms with Crippen molar-refractivity contribution in [3.8, 4) is 11.5 Å². The summed E-state index contributed by atoms with van der Waals surface area (Å²) in [6, 6.07) is 2.38. The number of alkyl halides is 3. The molecule has 1 aromatic carbocycles. The van der Waals surface area contributed by atoms with Crippen LogP contribution < -0.4 is 9.47 Å². The minimum absolute atomic E-state index is 0.0870. The highest BCUT2D eigenvalue weighted by Crippen LogP contribution is 2.31. The van der Waals surface area contributed by atoms with Crippen LogP contribution in [0.5, 0.6) is 11.5 Å². The molecule has 0 radical (unpaired) electrons. The minimum Gasteiger partial charge on any atom is -0.496 e. The predicted molar refractivity (Wildman–Crippen MR) is 62.2 cm³/mol. The van der Waals surface area contributed by atoms with Gasteiger partial charge in [0.05, 0.1) is 32.0 Å². The van der Waals surface area contributed by atoms with E-state index in [9.17, 15) is 18.0 Å². The predicted octanol–water partition coefficient (Wildman–Crippen LogP) is 2.48. The molecular formula is C12H13F3O5. The number of rotatable bonds is 6. The van der Waals surface area contributed by atoms with Gasteiger partial charge in [-0.25, -0.2) is 4.79 Å². The van der Waals surface area contributed by atoms with Crippen LogP contribution in [-0.2, 0) is 11.3 Å². The van der Waals surface area contributed by atoms with Crippen molar-refractivity contribution in [2.45, 2.75) is 12.8 Å². The summed E-state index contributed by atoms with van der Waals surface area (Å²) in [5.74, 6) is -1.03. The Morgan fingerprint density at radius 1 is 1.20 bits per heavy atom. The Morgan fingerprint density at radius 3 is 2.05 bits per heavy atom. The van der Waals surface area contributed by atoms with Gasteiger partial charge in [0.25, 0.3) is 0 Å². The van der Waals surface area contributed by atoms with Gasteiger partial charge in [0.2, 0.25) is 0 Å². The lowest BCUT2D eigenvalue weighted by Gasteiger charge is -2.15. The second-order valence-corrected chi connectivity index (χ2v) is 3.77. The van der Waals surface area contributed by atoms with E-state index in [0.29, 0.717) is 0 Å². The molecule has 112 valence electrons. The Hall–Kier alpha value is -1.96. The average molecular weight is 294 g/mol. The highest BCUT2D eigenvalue weighted by atomic mass is 19.4. The van der Waals surface area contributed by atoms with Gasteiger partial charge in [-0.1, -0.05) is 0 Å². The lowest BCUT2D eigenvalue weighted by molar-refractivity contribution is -0.176. The van der Waals surface area contributed by atoms with E-state index in [-0.39, 0.29) is 22.6 Å². The molecule has 20 heavy (non-hydrogen) atoms. The summed E-state index contributed by atoms with van der Waals surface area (Å²) in [6.07, 6.45) is -4.44. The molecule has 1 N–H and O–H groups in total. The Kier molecular flexibility index (Phi) is 5.20. The zero-order chi connectivity index (χ0) is 15.3. The van der Waals surface area contributed by atoms with Gasteiger partial charge in [0.15, 0.2) is 0 Å². The van der Waals surface area contributed by atoms with E-state index >= 15 is 0 Å². The Morgan fingerprint density at radius 2 is 1.70 bits per heavy atom. The van der Waals surface area contributed by atoms with Gasteiger partial charge in [-0.05, 0) is 12.1 Å². The number of aromatic carboxylic acids is 1. The summed E-state index contributed by atoms with van der Waals surface area (Å²) in [5.41, 5.74) is 0.113. The Balaban J connectivity index is 3.01. The van der Waals surface area contributed by atoms with E-state index in [2.05, 4.69) is 4.74 Å². The van der Waals surface area contributed by atoms with Gasteiger partial charge < -0.3 is 19.3 Å². The van der Waals surface area contributed by atoms with Crippen LogP contribution in [0.15, 0.2) is 12.1 Å². The molecule has 0 saturated heterocycles. The quantitative estimate of drug-likeness (QED) is 0.873. The fraction of sp³-hybridized carbons (Fsp3) is 0.417. The normalized spacial score (nSPS) is 11.2. The summed E-state index contributed by atoms with van der Waals surface area (Å²) in [7, 11) is 2.54. The molecule has 0 heterocycles. The molecule has 0 aliphatic heterocycles. The van der Waals surface area contributed by atoms with Crippen LogP contribution in [0, 0.1) is 0 Å². The first-order chi connectivity index (χ1) is 9.28. The maximum absolute atomic E-state index is 12.0. The third-order valence-electron chi connectivity index (χ3n) is 2.37. The first-order valence-electron chi connectivity index (χ1n) is 5.41. The summed E-state index contributed by atoms with van der Waals surface area (Å²) < 4.78 is 50.5. The van der Waals surface area contributed by atoms with Crippen LogP contribution in [0.25, 0.3) is 0 Å². The standard InChI is InChI=1S/C12H13F3O5/c1-18-9-3-7(11(16)17)4-10(19-2)8(9)5-20-6-12(13,14)15/h3-4H,5-6H2,1-2H3,(H,16,17). The molecule has 8 heteroatoms. The Labute approximate surface area is 112 Å². The molecule has 0 amide bonds. The first-order valence-corrected chi connectivity index (χ1v) is 5.41. The van der Waals surface area contributed by atoms with Gasteiger partial charge in [-0.3, -0.25) is 0 Å². The van der Waals surface area contributed by atoms with E-state index in [1.54, 1.807) is 0 Å². The van der Waals surface area contributed by atoms with Crippen LogP contribution in [0.4, 0.5) is 13.2 Å². The van der Waals surface area contributed by atoms with Crippen molar-refractivity contribution in [1.29, 1.82) is 0 Å². The smallest absolute Gasteiger partial charge is 0.411 e.